The number of ether oxygens (including phenoxy) is 1. The molecular formula is C16H25NO2. The molecule has 0 N–H and O–H groups in total. The SMILES string of the molecule is COCC(C)N(C)CC(=O)c1ccc(C(C)C)cc1. The lowest BCUT2D eigenvalue weighted by Crippen LogP contribution is -2.36. The van der Waals surface area contributed by atoms with Gasteiger partial charge in [0.05, 0.1) is 13.2 Å². The first kappa shape index (κ1) is 15.9. The van der Waals surface area contributed by atoms with E-state index in [0.29, 0.717) is 19.1 Å². The lowest BCUT2D eigenvalue weighted by Gasteiger charge is -2.23. The molecule has 0 amide bonds. The smallest absolute Gasteiger partial charge is 0.176 e. The van der Waals surface area contributed by atoms with Crippen molar-refractivity contribution in [2.45, 2.75) is 32.7 Å². The summed E-state index contributed by atoms with van der Waals surface area (Å²) in [5.41, 5.74) is 2.04. The van der Waals surface area contributed by atoms with Crippen LogP contribution in [0.4, 0.5) is 0 Å². The maximum Gasteiger partial charge on any atom is 0.176 e. The van der Waals surface area contributed by atoms with Crippen molar-refractivity contribution in [2.75, 3.05) is 27.3 Å². The Morgan fingerprint density at radius 1 is 1.21 bits per heavy atom. The number of hydrogen-bond acceptors (Lipinski definition) is 3. The average molecular weight is 263 g/mol. The number of ketones is 1. The maximum absolute atomic E-state index is 12.2. The topological polar surface area (TPSA) is 29.5 Å². The van der Waals surface area contributed by atoms with Crippen LogP contribution in [0.5, 0.6) is 0 Å². The molecule has 0 aliphatic heterocycles. The van der Waals surface area contributed by atoms with Gasteiger partial charge >= 0.3 is 0 Å². The van der Waals surface area contributed by atoms with E-state index < -0.39 is 0 Å². The highest BCUT2D eigenvalue weighted by molar-refractivity contribution is 5.97. The van der Waals surface area contributed by atoms with Gasteiger partial charge in [-0.05, 0) is 25.5 Å². The summed E-state index contributed by atoms with van der Waals surface area (Å²) in [6, 6.07) is 8.16. The molecule has 0 bridgehead atoms. The van der Waals surface area contributed by atoms with Crippen LogP contribution < -0.4 is 0 Å². The van der Waals surface area contributed by atoms with Crippen LogP contribution in [-0.4, -0.2) is 44.0 Å². The zero-order chi connectivity index (χ0) is 14.4. The quantitative estimate of drug-likeness (QED) is 0.708. The Labute approximate surface area is 116 Å². The van der Waals surface area contributed by atoms with Gasteiger partial charge in [-0.3, -0.25) is 9.69 Å². The summed E-state index contributed by atoms with van der Waals surface area (Å²) in [6.07, 6.45) is 0. The van der Waals surface area contributed by atoms with Crippen molar-refractivity contribution in [1.82, 2.24) is 4.90 Å². The third kappa shape index (κ3) is 4.77. The van der Waals surface area contributed by atoms with Gasteiger partial charge in [0.25, 0.3) is 0 Å². The van der Waals surface area contributed by atoms with E-state index in [1.807, 2.05) is 36.2 Å². The molecular weight excluding hydrogens is 238 g/mol. The summed E-state index contributed by atoms with van der Waals surface area (Å²) >= 11 is 0. The lowest BCUT2D eigenvalue weighted by atomic mass is 10.0. The summed E-state index contributed by atoms with van der Waals surface area (Å²) in [5, 5.41) is 0. The maximum atomic E-state index is 12.2. The van der Waals surface area contributed by atoms with Crippen molar-refractivity contribution < 1.29 is 9.53 Å². The van der Waals surface area contributed by atoms with Gasteiger partial charge in [-0.1, -0.05) is 38.1 Å². The molecule has 1 aromatic rings. The highest BCUT2D eigenvalue weighted by Gasteiger charge is 2.14. The van der Waals surface area contributed by atoms with Crippen molar-refractivity contribution in [3.63, 3.8) is 0 Å². The Kier molecular flexibility index (Phi) is 6.19. The molecule has 3 heteroatoms. The highest BCUT2D eigenvalue weighted by atomic mass is 16.5. The second-order valence-electron chi connectivity index (χ2n) is 5.42. The standard InChI is InChI=1S/C16H25NO2/c1-12(2)14-6-8-15(9-7-14)16(18)10-17(4)13(3)11-19-5/h6-9,12-13H,10-11H2,1-5H3. The zero-order valence-electron chi connectivity index (χ0n) is 12.6. The fourth-order valence-corrected chi connectivity index (χ4v) is 1.90. The van der Waals surface area contributed by atoms with E-state index in [1.165, 1.54) is 5.56 Å². The molecule has 0 fully saturated rings. The molecule has 19 heavy (non-hydrogen) atoms. The second-order valence-corrected chi connectivity index (χ2v) is 5.42. The van der Waals surface area contributed by atoms with E-state index in [0.717, 1.165) is 5.56 Å². The van der Waals surface area contributed by atoms with Crippen molar-refractivity contribution in [3.8, 4) is 0 Å². The molecule has 1 atom stereocenters. The summed E-state index contributed by atoms with van der Waals surface area (Å²) in [4.78, 5) is 14.2. The van der Waals surface area contributed by atoms with Gasteiger partial charge in [0.2, 0.25) is 0 Å². The van der Waals surface area contributed by atoms with E-state index in [2.05, 4.69) is 20.8 Å². The van der Waals surface area contributed by atoms with Crippen LogP contribution in [0, 0.1) is 0 Å². The second kappa shape index (κ2) is 7.41. The minimum absolute atomic E-state index is 0.153. The molecule has 0 saturated carbocycles. The number of hydrogen-bond donors (Lipinski definition) is 0. The van der Waals surface area contributed by atoms with Crippen molar-refractivity contribution in [3.05, 3.63) is 35.4 Å². The first-order valence-electron chi connectivity index (χ1n) is 6.78. The van der Waals surface area contributed by atoms with Crippen LogP contribution in [-0.2, 0) is 4.74 Å². The monoisotopic (exact) mass is 263 g/mol. The summed E-state index contributed by atoms with van der Waals surface area (Å²) in [6.45, 7) is 7.41. The molecule has 0 spiro atoms. The molecule has 0 aromatic heterocycles. The fourth-order valence-electron chi connectivity index (χ4n) is 1.90. The van der Waals surface area contributed by atoms with Gasteiger partial charge < -0.3 is 4.74 Å². The highest BCUT2D eigenvalue weighted by Crippen LogP contribution is 2.15. The third-order valence-corrected chi connectivity index (χ3v) is 3.45. The Balaban J connectivity index is 2.62. The minimum atomic E-state index is 0.153. The van der Waals surface area contributed by atoms with Gasteiger partial charge in [-0.2, -0.15) is 0 Å². The number of benzene rings is 1. The predicted octanol–water partition coefficient (Wildman–Crippen LogP) is 2.96. The summed E-state index contributed by atoms with van der Waals surface area (Å²) in [5.74, 6) is 0.648. The van der Waals surface area contributed by atoms with Gasteiger partial charge in [-0.15, -0.1) is 0 Å². The molecule has 1 rings (SSSR count). The normalized spacial score (nSPS) is 13.0. The van der Waals surface area contributed by atoms with Crippen molar-refractivity contribution >= 4 is 5.78 Å². The number of Topliss-reactive ketones (excluding diaryl/α,β-unsaturated/α-hetero) is 1. The van der Waals surface area contributed by atoms with Gasteiger partial charge in [0.1, 0.15) is 0 Å². The van der Waals surface area contributed by atoms with Gasteiger partial charge in [0, 0.05) is 18.7 Å². The van der Waals surface area contributed by atoms with E-state index in [9.17, 15) is 4.79 Å². The Morgan fingerprint density at radius 2 is 1.79 bits per heavy atom. The van der Waals surface area contributed by atoms with E-state index in [-0.39, 0.29) is 11.8 Å². The number of carbonyl (C=O) groups is 1. The van der Waals surface area contributed by atoms with Crippen molar-refractivity contribution in [1.29, 1.82) is 0 Å². The zero-order valence-corrected chi connectivity index (χ0v) is 12.6. The number of rotatable bonds is 7. The first-order chi connectivity index (χ1) is 8.95. The predicted molar refractivity (Wildman–Crippen MR) is 78.8 cm³/mol. The van der Waals surface area contributed by atoms with E-state index >= 15 is 0 Å². The lowest BCUT2D eigenvalue weighted by molar-refractivity contribution is 0.0841. The molecule has 0 radical (unpaired) electrons. The van der Waals surface area contributed by atoms with Crippen LogP contribution >= 0.6 is 0 Å². The largest absolute Gasteiger partial charge is 0.383 e. The Bertz CT molecular complexity index is 398. The van der Waals surface area contributed by atoms with Gasteiger partial charge in [-0.25, -0.2) is 0 Å². The van der Waals surface area contributed by atoms with Crippen LogP contribution in [0.1, 0.15) is 42.6 Å². The van der Waals surface area contributed by atoms with Gasteiger partial charge in [0.15, 0.2) is 5.78 Å². The minimum Gasteiger partial charge on any atom is -0.383 e. The number of nitrogens with zero attached hydrogens (tertiary/aromatic N) is 1. The summed E-state index contributed by atoms with van der Waals surface area (Å²) < 4.78 is 5.10. The molecule has 0 saturated heterocycles. The molecule has 0 aliphatic carbocycles. The molecule has 0 heterocycles. The van der Waals surface area contributed by atoms with Crippen molar-refractivity contribution in [2.24, 2.45) is 0 Å². The molecule has 3 nitrogen and oxygen atoms in total. The molecule has 0 aliphatic rings. The number of likely N-dealkylation sites (N-methyl/N-ethyl adjacent to an activating group) is 1. The summed E-state index contributed by atoms with van der Waals surface area (Å²) in [7, 11) is 3.63. The number of methoxy groups -OCH3 is 1. The Hall–Kier alpha value is -1.19. The molecule has 106 valence electrons. The van der Waals surface area contributed by atoms with Crippen LogP contribution in [0.25, 0.3) is 0 Å². The molecule has 1 unspecified atom stereocenters. The third-order valence-electron chi connectivity index (χ3n) is 3.45. The average Bonchev–Trinajstić information content (AvgIpc) is 2.38. The molecule has 1 aromatic carbocycles. The Morgan fingerprint density at radius 3 is 2.26 bits per heavy atom. The van der Waals surface area contributed by atoms with Crippen LogP contribution in [0.15, 0.2) is 24.3 Å². The van der Waals surface area contributed by atoms with Crippen LogP contribution in [0.2, 0.25) is 0 Å². The van der Waals surface area contributed by atoms with E-state index in [4.69, 9.17) is 4.74 Å². The fraction of sp³-hybridized carbons (Fsp3) is 0.562. The van der Waals surface area contributed by atoms with E-state index in [1.54, 1.807) is 7.11 Å². The van der Waals surface area contributed by atoms with Crippen LogP contribution in [0.3, 0.4) is 0 Å². The first-order valence-corrected chi connectivity index (χ1v) is 6.78. The number of carbonyl (C=O) groups excluding carboxylic acids is 1.